The molecule has 1 heterocycles. The maximum atomic E-state index is 5.75. The van der Waals surface area contributed by atoms with Gasteiger partial charge < -0.3 is 10.5 Å². The number of ether oxygens (including phenoxy) is 1. The maximum absolute atomic E-state index is 5.75. The number of hydrogen-bond acceptors (Lipinski definition) is 2. The molecule has 0 radical (unpaired) electrons. The van der Waals surface area contributed by atoms with E-state index in [1.807, 2.05) is 0 Å². The summed E-state index contributed by atoms with van der Waals surface area (Å²) >= 11 is 0. The largest absolute Gasteiger partial charge is 0.379 e. The van der Waals surface area contributed by atoms with Crippen LogP contribution in [0, 0.1) is 11.8 Å². The van der Waals surface area contributed by atoms with Gasteiger partial charge in [0.15, 0.2) is 0 Å². The molecule has 2 atom stereocenters. The van der Waals surface area contributed by atoms with E-state index < -0.39 is 0 Å². The summed E-state index contributed by atoms with van der Waals surface area (Å²) in [6, 6.07) is 0.282. The van der Waals surface area contributed by atoms with E-state index in [-0.39, 0.29) is 6.04 Å². The van der Waals surface area contributed by atoms with Crippen LogP contribution in [0.25, 0.3) is 0 Å². The fraction of sp³-hybridized carbons (Fsp3) is 1.00. The molecular weight excluding hydrogens is 114 g/mol. The zero-order valence-corrected chi connectivity index (χ0v) is 6.13. The van der Waals surface area contributed by atoms with Gasteiger partial charge in [-0.3, -0.25) is 0 Å². The van der Waals surface area contributed by atoms with Gasteiger partial charge in [0.2, 0.25) is 0 Å². The lowest BCUT2D eigenvalue weighted by Gasteiger charge is -2.16. The molecule has 2 nitrogen and oxygen atoms in total. The first-order valence-electron chi connectivity index (χ1n) is 3.55. The van der Waals surface area contributed by atoms with E-state index in [0.29, 0.717) is 11.8 Å². The van der Waals surface area contributed by atoms with Crippen molar-refractivity contribution >= 4 is 0 Å². The molecule has 0 amide bonds. The van der Waals surface area contributed by atoms with Crippen LogP contribution in [0.4, 0.5) is 0 Å². The molecule has 0 spiro atoms. The van der Waals surface area contributed by atoms with Gasteiger partial charge in [-0.05, 0) is 5.92 Å². The minimum atomic E-state index is 0.282. The van der Waals surface area contributed by atoms with Gasteiger partial charge in [0.1, 0.15) is 0 Å². The van der Waals surface area contributed by atoms with E-state index in [9.17, 15) is 0 Å². The molecular formula is C7H15NO. The van der Waals surface area contributed by atoms with Crippen LogP contribution in [-0.2, 0) is 4.74 Å². The highest BCUT2D eigenvalue weighted by Crippen LogP contribution is 2.19. The first kappa shape index (κ1) is 7.03. The molecule has 9 heavy (non-hydrogen) atoms. The lowest BCUT2D eigenvalue weighted by molar-refractivity contribution is 0.176. The predicted octanol–water partition coefficient (Wildman–Crippen LogP) is 0.616. The molecule has 1 fully saturated rings. The van der Waals surface area contributed by atoms with Crippen molar-refractivity contribution in [1.29, 1.82) is 0 Å². The molecule has 2 N–H and O–H groups in total. The van der Waals surface area contributed by atoms with E-state index in [2.05, 4.69) is 13.8 Å². The van der Waals surface area contributed by atoms with Gasteiger partial charge in [0, 0.05) is 12.0 Å². The molecule has 0 saturated carbocycles. The first-order valence-corrected chi connectivity index (χ1v) is 3.55. The lowest BCUT2D eigenvalue weighted by atomic mass is 9.92. The van der Waals surface area contributed by atoms with Crippen molar-refractivity contribution in [1.82, 2.24) is 0 Å². The van der Waals surface area contributed by atoms with E-state index >= 15 is 0 Å². The molecule has 1 saturated heterocycles. The topological polar surface area (TPSA) is 35.2 Å². The average Bonchev–Trinajstić information content (AvgIpc) is 2.13. The van der Waals surface area contributed by atoms with Crippen LogP contribution in [-0.4, -0.2) is 19.3 Å². The zero-order chi connectivity index (χ0) is 6.85. The van der Waals surface area contributed by atoms with Gasteiger partial charge in [-0.15, -0.1) is 0 Å². The lowest BCUT2D eigenvalue weighted by Crippen LogP contribution is -2.31. The van der Waals surface area contributed by atoms with Gasteiger partial charge in [-0.25, -0.2) is 0 Å². The molecule has 1 aliphatic heterocycles. The Morgan fingerprint density at radius 2 is 2.11 bits per heavy atom. The second-order valence-electron chi connectivity index (χ2n) is 3.11. The predicted molar refractivity (Wildman–Crippen MR) is 37.1 cm³/mol. The summed E-state index contributed by atoms with van der Waals surface area (Å²) in [5.74, 6) is 1.26. The third-order valence-electron chi connectivity index (χ3n) is 2.03. The van der Waals surface area contributed by atoms with Crippen LogP contribution < -0.4 is 5.73 Å². The van der Waals surface area contributed by atoms with Gasteiger partial charge in [-0.2, -0.15) is 0 Å². The third kappa shape index (κ3) is 1.43. The summed E-state index contributed by atoms with van der Waals surface area (Å²) in [5, 5.41) is 0. The van der Waals surface area contributed by atoms with Gasteiger partial charge in [0.25, 0.3) is 0 Å². The highest BCUT2D eigenvalue weighted by molar-refractivity contribution is 4.79. The SMILES string of the molecule is CC(C)[C@H]1COC[C@@H]1N. The Balaban J connectivity index is 2.40. The summed E-state index contributed by atoms with van der Waals surface area (Å²) in [5.41, 5.74) is 5.75. The van der Waals surface area contributed by atoms with Gasteiger partial charge in [-0.1, -0.05) is 13.8 Å². The van der Waals surface area contributed by atoms with Crippen LogP contribution in [0.3, 0.4) is 0 Å². The molecule has 1 rings (SSSR count). The number of rotatable bonds is 1. The Labute approximate surface area is 56.4 Å². The molecule has 0 aromatic heterocycles. The standard InChI is InChI=1S/C7H15NO/c1-5(2)6-3-9-4-7(6)8/h5-7H,3-4,8H2,1-2H3/t6-,7+/m1/s1. The maximum Gasteiger partial charge on any atom is 0.0621 e. The summed E-state index contributed by atoms with van der Waals surface area (Å²) in [7, 11) is 0. The van der Waals surface area contributed by atoms with Gasteiger partial charge in [0.05, 0.1) is 13.2 Å². The third-order valence-corrected chi connectivity index (χ3v) is 2.03. The van der Waals surface area contributed by atoms with Crippen molar-refractivity contribution in [3.8, 4) is 0 Å². The fourth-order valence-corrected chi connectivity index (χ4v) is 1.27. The number of nitrogens with two attached hydrogens (primary N) is 1. The smallest absolute Gasteiger partial charge is 0.0621 e. The van der Waals surface area contributed by atoms with Crippen molar-refractivity contribution in [2.75, 3.05) is 13.2 Å². The molecule has 54 valence electrons. The molecule has 0 bridgehead atoms. The Bertz CT molecular complexity index is 92.9. The summed E-state index contributed by atoms with van der Waals surface area (Å²) in [6.07, 6.45) is 0. The molecule has 1 aliphatic rings. The molecule has 2 heteroatoms. The van der Waals surface area contributed by atoms with Crippen molar-refractivity contribution in [3.63, 3.8) is 0 Å². The van der Waals surface area contributed by atoms with Crippen molar-refractivity contribution < 1.29 is 4.74 Å². The highest BCUT2D eigenvalue weighted by Gasteiger charge is 2.26. The number of hydrogen-bond donors (Lipinski definition) is 1. The Kier molecular flexibility index (Phi) is 2.09. The molecule has 0 aromatic rings. The normalized spacial score (nSPS) is 36.0. The highest BCUT2D eigenvalue weighted by atomic mass is 16.5. The van der Waals surface area contributed by atoms with Crippen LogP contribution >= 0.6 is 0 Å². The van der Waals surface area contributed by atoms with Crippen LogP contribution in [0.5, 0.6) is 0 Å². The van der Waals surface area contributed by atoms with E-state index in [1.165, 1.54) is 0 Å². The average molecular weight is 129 g/mol. The van der Waals surface area contributed by atoms with Crippen molar-refractivity contribution in [2.45, 2.75) is 19.9 Å². The second-order valence-corrected chi connectivity index (χ2v) is 3.11. The fourth-order valence-electron chi connectivity index (χ4n) is 1.27. The van der Waals surface area contributed by atoms with E-state index in [4.69, 9.17) is 10.5 Å². The quantitative estimate of drug-likeness (QED) is 0.563. The van der Waals surface area contributed by atoms with Crippen molar-refractivity contribution in [3.05, 3.63) is 0 Å². The summed E-state index contributed by atoms with van der Waals surface area (Å²) < 4.78 is 5.21. The Morgan fingerprint density at radius 3 is 2.33 bits per heavy atom. The van der Waals surface area contributed by atoms with Crippen molar-refractivity contribution in [2.24, 2.45) is 17.6 Å². The summed E-state index contributed by atoms with van der Waals surface area (Å²) in [4.78, 5) is 0. The molecule has 0 unspecified atom stereocenters. The monoisotopic (exact) mass is 129 g/mol. The van der Waals surface area contributed by atoms with E-state index in [1.54, 1.807) is 0 Å². The molecule has 0 aromatic carbocycles. The first-order chi connectivity index (χ1) is 4.22. The summed E-state index contributed by atoms with van der Waals surface area (Å²) in [6.45, 7) is 6.00. The van der Waals surface area contributed by atoms with Crippen LogP contribution in [0.15, 0.2) is 0 Å². The Hall–Kier alpha value is -0.0800. The van der Waals surface area contributed by atoms with Crippen LogP contribution in [0.2, 0.25) is 0 Å². The second kappa shape index (κ2) is 2.67. The molecule has 0 aliphatic carbocycles. The Morgan fingerprint density at radius 1 is 1.44 bits per heavy atom. The van der Waals surface area contributed by atoms with E-state index in [0.717, 1.165) is 13.2 Å². The minimum absolute atomic E-state index is 0.282. The van der Waals surface area contributed by atoms with Crippen LogP contribution in [0.1, 0.15) is 13.8 Å². The zero-order valence-electron chi connectivity index (χ0n) is 6.13. The minimum Gasteiger partial charge on any atom is -0.379 e. The van der Waals surface area contributed by atoms with Gasteiger partial charge >= 0.3 is 0 Å².